The fourth-order valence-electron chi connectivity index (χ4n) is 5.71. The topological polar surface area (TPSA) is 124 Å². The molecule has 4 heterocycles. The second kappa shape index (κ2) is 21.1. The first-order valence-electron chi connectivity index (χ1n) is 16.9. The Bertz CT molecular complexity index is 2440. The molecule has 0 unspecified atom stereocenters. The first-order chi connectivity index (χ1) is 25.4. The quantitative estimate of drug-likeness (QED) is 0.0840. The largest absolute Gasteiger partial charge is 1.00 e. The molecule has 6 rings (SSSR count). The number of imidazole rings is 2. The Hall–Kier alpha value is -2.50. The summed E-state index contributed by atoms with van der Waals surface area (Å²) in [6.07, 6.45) is 6.86. The minimum absolute atomic E-state index is 0. The molecule has 0 saturated heterocycles. The maximum absolute atomic E-state index is 13.1. The van der Waals surface area contributed by atoms with E-state index in [2.05, 4.69) is 38.5 Å². The fourth-order valence-corrected chi connectivity index (χ4v) is 6.99. The molecule has 0 saturated carbocycles. The molecule has 18 heteroatoms. The van der Waals surface area contributed by atoms with Gasteiger partial charge in [0.2, 0.25) is 0 Å². The summed E-state index contributed by atoms with van der Waals surface area (Å²) in [6.45, 7) is 5.82. The fraction of sp³-hybridized carbons (Fsp3) is 0.389. The van der Waals surface area contributed by atoms with Gasteiger partial charge >= 0.3 is 40.9 Å². The normalized spacial score (nSPS) is 10.9. The summed E-state index contributed by atoms with van der Waals surface area (Å²) in [7, 11) is 3.30. The van der Waals surface area contributed by atoms with Gasteiger partial charge in [-0.3, -0.25) is 27.9 Å². The molecule has 0 atom stereocenters. The Morgan fingerprint density at radius 2 is 1.06 bits per heavy atom. The molecule has 4 aromatic heterocycles. The summed E-state index contributed by atoms with van der Waals surface area (Å²) in [5, 5.41) is 2.02. The predicted molar refractivity (Wildman–Crippen MR) is 222 cm³/mol. The van der Waals surface area contributed by atoms with Gasteiger partial charge < -0.3 is 21.8 Å². The van der Waals surface area contributed by atoms with Gasteiger partial charge in [0, 0.05) is 37.2 Å². The number of unbranched alkanes of at least 4 members (excludes halogenated alkanes) is 2. The monoisotopic (exact) mass is 886 g/mol. The zero-order valence-corrected chi connectivity index (χ0v) is 38.2. The number of fused-ring (bicyclic) bond motifs is 2. The van der Waals surface area contributed by atoms with E-state index in [1.54, 1.807) is 37.1 Å². The van der Waals surface area contributed by atoms with Crippen LogP contribution in [0.1, 0.15) is 50.7 Å². The van der Waals surface area contributed by atoms with Crippen molar-refractivity contribution in [1.29, 1.82) is 0 Å². The molecule has 54 heavy (non-hydrogen) atoms. The number of aromatic nitrogens is 8. The van der Waals surface area contributed by atoms with Crippen molar-refractivity contribution in [3.05, 3.63) is 116 Å². The van der Waals surface area contributed by atoms with Gasteiger partial charge in [0.1, 0.15) is 0 Å². The Morgan fingerprint density at radius 1 is 0.667 bits per heavy atom. The number of hydrogen-bond acceptors (Lipinski definition) is 8. The van der Waals surface area contributed by atoms with Gasteiger partial charge in [0.25, 0.3) is 11.1 Å². The van der Waals surface area contributed by atoms with E-state index in [0.29, 0.717) is 68.4 Å². The summed E-state index contributed by atoms with van der Waals surface area (Å²) in [4.78, 5) is 59.9. The third-order valence-electron chi connectivity index (χ3n) is 8.54. The summed E-state index contributed by atoms with van der Waals surface area (Å²) in [6, 6.07) is 14.9. The molecule has 284 valence electrons. The molecule has 0 aliphatic heterocycles. The van der Waals surface area contributed by atoms with Crippen LogP contribution < -0.4 is 52.1 Å². The molecule has 2 aromatic carbocycles. The second-order valence-corrected chi connectivity index (χ2v) is 14.4. The van der Waals surface area contributed by atoms with Crippen molar-refractivity contribution in [3.63, 3.8) is 0 Å². The average molecular weight is 889 g/mol. The summed E-state index contributed by atoms with van der Waals surface area (Å²) >= 11 is 20.8. The van der Waals surface area contributed by atoms with Crippen molar-refractivity contribution in [2.24, 2.45) is 14.1 Å². The van der Waals surface area contributed by atoms with E-state index < -0.39 is 0 Å². The van der Waals surface area contributed by atoms with E-state index in [1.165, 1.54) is 30.0 Å². The van der Waals surface area contributed by atoms with Crippen molar-refractivity contribution < 1.29 is 29.6 Å². The number of benzene rings is 2. The molecular formula is C36H42BrCl2N8NaO4S2. The number of nitrogens with zero attached hydrogens (tertiary/aromatic N) is 8. The molecule has 0 spiro atoms. The molecule has 0 amide bonds. The van der Waals surface area contributed by atoms with Gasteiger partial charge in [-0.1, -0.05) is 85.9 Å². The molecule has 6 aromatic rings. The van der Waals surface area contributed by atoms with Gasteiger partial charge in [-0.25, -0.2) is 19.6 Å². The molecule has 0 bridgehead atoms. The van der Waals surface area contributed by atoms with E-state index >= 15 is 0 Å². The molecule has 0 N–H and O–H groups in total. The van der Waals surface area contributed by atoms with E-state index in [4.69, 9.17) is 23.2 Å². The predicted octanol–water partition coefficient (Wildman–Crippen LogP) is 3.45. The van der Waals surface area contributed by atoms with Crippen LogP contribution >= 0.6 is 50.9 Å². The van der Waals surface area contributed by atoms with E-state index in [1.807, 2.05) is 61.1 Å². The van der Waals surface area contributed by atoms with Crippen LogP contribution in [-0.4, -0.2) is 49.9 Å². The third-order valence-corrected chi connectivity index (χ3v) is 10.3. The SMILES string of the molecule is CCCCn1c(=O)c2c(nc(Br)n2Cc2ccc(Cl)cc2)n(C)c1=O.CCCCn1c(=O)c2c(nc(SC)n2Cc2ccc(Cl)cc2)n(C)c1=O.C[S-].[Na+]. The number of halogens is 3. The second-order valence-electron chi connectivity index (χ2n) is 12.1. The number of hydrogen-bond donors (Lipinski definition) is 0. The summed E-state index contributed by atoms with van der Waals surface area (Å²) < 4.78 is 9.67. The summed E-state index contributed by atoms with van der Waals surface area (Å²) in [5.74, 6) is 0. The maximum Gasteiger partial charge on any atom is 1.00 e. The first-order valence-corrected chi connectivity index (χ1v) is 20.5. The molecule has 0 fully saturated rings. The van der Waals surface area contributed by atoms with Crippen LogP contribution in [0.3, 0.4) is 0 Å². The van der Waals surface area contributed by atoms with Crippen LogP contribution in [0.4, 0.5) is 0 Å². The minimum atomic E-state index is -0.338. The molecule has 0 radical (unpaired) electrons. The van der Waals surface area contributed by atoms with Gasteiger partial charge in [-0.05, 0) is 70.4 Å². The van der Waals surface area contributed by atoms with Gasteiger partial charge in [-0.2, -0.15) is 6.26 Å². The van der Waals surface area contributed by atoms with Crippen LogP contribution in [0.15, 0.2) is 77.6 Å². The molecule has 0 aliphatic rings. The molecule has 0 aliphatic carbocycles. The zero-order chi connectivity index (χ0) is 39.0. The summed E-state index contributed by atoms with van der Waals surface area (Å²) in [5.41, 5.74) is 2.43. The number of thioether (sulfide) groups is 1. The van der Waals surface area contributed by atoms with Gasteiger partial charge in [-0.15, -0.1) is 0 Å². The number of aryl methyl sites for hydroxylation is 2. The van der Waals surface area contributed by atoms with Crippen LogP contribution in [0.5, 0.6) is 0 Å². The third kappa shape index (κ3) is 10.1. The van der Waals surface area contributed by atoms with E-state index in [0.717, 1.165) is 36.8 Å². The smallest absolute Gasteiger partial charge is 0.796 e. The van der Waals surface area contributed by atoms with Crippen LogP contribution in [0, 0.1) is 0 Å². The minimum Gasteiger partial charge on any atom is -0.796 e. The van der Waals surface area contributed by atoms with Crippen molar-refractivity contribution in [2.75, 3.05) is 12.5 Å². The molecule has 12 nitrogen and oxygen atoms in total. The van der Waals surface area contributed by atoms with Crippen molar-refractivity contribution >= 4 is 85.9 Å². The van der Waals surface area contributed by atoms with Crippen molar-refractivity contribution in [2.45, 2.75) is 70.9 Å². The van der Waals surface area contributed by atoms with Gasteiger partial charge in [0.15, 0.2) is 32.2 Å². The van der Waals surface area contributed by atoms with Crippen molar-refractivity contribution in [1.82, 2.24) is 37.4 Å². The Labute approximate surface area is 363 Å². The zero-order valence-electron chi connectivity index (χ0n) is 31.4. The van der Waals surface area contributed by atoms with Crippen LogP contribution in [0.2, 0.25) is 10.0 Å². The first kappa shape index (κ1) is 45.9. The van der Waals surface area contributed by atoms with Gasteiger partial charge in [0.05, 0.1) is 13.1 Å². The molecular weight excluding hydrogens is 846 g/mol. The Morgan fingerprint density at radius 3 is 1.46 bits per heavy atom. The Kier molecular flexibility index (Phi) is 18.0. The van der Waals surface area contributed by atoms with Crippen molar-refractivity contribution in [3.8, 4) is 0 Å². The average Bonchev–Trinajstić information content (AvgIpc) is 3.70. The van der Waals surface area contributed by atoms with E-state index in [9.17, 15) is 19.2 Å². The van der Waals surface area contributed by atoms with E-state index in [-0.39, 0.29) is 52.1 Å². The standard InChI is InChI=1S/C18H21ClN4O2S.C17H18BrClN4O2.CH4S.Na/c1-4-5-10-22-16(24)14-15(21(2)18(22)25)20-17(26-3)23(14)11-12-6-8-13(19)9-7-12;1-3-4-9-22-15(24)13-14(21(2)17(22)25)20-16(18)23(13)10-11-5-7-12(19)8-6-11;1-2;/h6-9H,4-5,10-11H2,1-3H3;5-8H,3-4,9-10H2,1-2H3;2H,1H3;/q;;;+1/p-1. The van der Waals surface area contributed by atoms with Crippen LogP contribution in [0.25, 0.3) is 22.3 Å². The Balaban J connectivity index is 0.000000273. The van der Waals surface area contributed by atoms with Crippen LogP contribution in [-0.2, 0) is 52.9 Å². The number of rotatable bonds is 11. The maximum atomic E-state index is 13.1.